The number of ether oxygens (including phenoxy) is 1. The Bertz CT molecular complexity index is 621. The lowest BCUT2D eigenvalue weighted by Gasteiger charge is -2.17. The van der Waals surface area contributed by atoms with Gasteiger partial charge in [-0.25, -0.2) is 4.39 Å². The average molecular weight is 386 g/mol. The predicted octanol–water partition coefficient (Wildman–Crippen LogP) is 4.80. The van der Waals surface area contributed by atoms with Gasteiger partial charge in [0.1, 0.15) is 17.7 Å². The van der Waals surface area contributed by atoms with Gasteiger partial charge >= 0.3 is 19.7 Å². The number of hydrogen-bond acceptors (Lipinski definition) is 5. The zero-order valence-corrected chi connectivity index (χ0v) is 14.7. The smallest absolute Gasteiger partial charge is 0.419 e. The molecule has 1 aromatic rings. The van der Waals surface area contributed by atoms with E-state index >= 15 is 0 Å². The van der Waals surface area contributed by atoms with Crippen LogP contribution in [-0.2, 0) is 24.6 Å². The SMILES string of the molecule is CCCOP(=O)(CC(=O)Oc1ccc(F)c(C(F)(F)F)c1)OCCC. The van der Waals surface area contributed by atoms with Gasteiger partial charge in [0.15, 0.2) is 0 Å². The van der Waals surface area contributed by atoms with Crippen LogP contribution in [0.1, 0.15) is 32.3 Å². The van der Waals surface area contributed by atoms with Gasteiger partial charge < -0.3 is 13.8 Å². The van der Waals surface area contributed by atoms with E-state index < -0.39 is 43.0 Å². The third-order valence-corrected chi connectivity index (χ3v) is 4.58. The first-order valence-corrected chi connectivity index (χ1v) is 9.29. The molecule has 0 saturated carbocycles. The maximum absolute atomic E-state index is 13.2. The van der Waals surface area contributed by atoms with Crippen LogP contribution in [-0.4, -0.2) is 25.3 Å². The number of hydrogen-bond donors (Lipinski definition) is 0. The summed E-state index contributed by atoms with van der Waals surface area (Å²) in [5.41, 5.74) is -1.56. The van der Waals surface area contributed by atoms with Gasteiger partial charge in [0, 0.05) is 0 Å². The molecule has 5 nitrogen and oxygen atoms in total. The van der Waals surface area contributed by atoms with Gasteiger partial charge in [0.05, 0.1) is 18.8 Å². The first-order chi connectivity index (χ1) is 11.6. The van der Waals surface area contributed by atoms with Gasteiger partial charge in [-0.3, -0.25) is 9.36 Å². The molecule has 0 amide bonds. The lowest BCUT2D eigenvalue weighted by atomic mass is 10.2. The quantitative estimate of drug-likeness (QED) is 0.264. The first-order valence-electron chi connectivity index (χ1n) is 7.57. The van der Waals surface area contributed by atoms with Crippen molar-refractivity contribution in [2.45, 2.75) is 32.9 Å². The fraction of sp³-hybridized carbons (Fsp3) is 0.533. The van der Waals surface area contributed by atoms with Crippen molar-refractivity contribution in [2.75, 3.05) is 19.4 Å². The fourth-order valence-electron chi connectivity index (χ4n) is 1.70. The molecule has 0 aliphatic heterocycles. The Morgan fingerprint density at radius 2 is 1.68 bits per heavy atom. The molecule has 0 radical (unpaired) electrons. The van der Waals surface area contributed by atoms with Gasteiger partial charge in [-0.1, -0.05) is 13.8 Å². The van der Waals surface area contributed by atoms with Crippen LogP contribution in [0.2, 0.25) is 0 Å². The Labute approximate surface area is 142 Å². The summed E-state index contributed by atoms with van der Waals surface area (Å²) in [5, 5.41) is 0. The van der Waals surface area contributed by atoms with Gasteiger partial charge in [0.25, 0.3) is 0 Å². The largest absolute Gasteiger partial charge is 0.426 e. The van der Waals surface area contributed by atoms with E-state index in [0.717, 1.165) is 6.07 Å². The molecule has 0 aliphatic rings. The van der Waals surface area contributed by atoms with Gasteiger partial charge in [-0.05, 0) is 31.0 Å². The molecule has 1 rings (SSSR count). The van der Waals surface area contributed by atoms with Crippen LogP contribution in [0.25, 0.3) is 0 Å². The second-order valence-corrected chi connectivity index (χ2v) is 7.10. The van der Waals surface area contributed by atoms with Crippen molar-refractivity contribution in [3.8, 4) is 5.75 Å². The zero-order chi connectivity index (χ0) is 19.1. The van der Waals surface area contributed by atoms with Crippen LogP contribution in [0.4, 0.5) is 17.6 Å². The highest BCUT2D eigenvalue weighted by Gasteiger charge is 2.35. The normalized spacial score (nSPS) is 12.2. The Kier molecular flexibility index (Phi) is 8.05. The van der Waals surface area contributed by atoms with Crippen LogP contribution in [0.5, 0.6) is 5.75 Å². The summed E-state index contributed by atoms with van der Waals surface area (Å²) in [7, 11) is -3.77. The van der Waals surface area contributed by atoms with Gasteiger partial charge in [0.2, 0.25) is 0 Å². The average Bonchev–Trinajstić information content (AvgIpc) is 2.52. The molecule has 0 saturated heterocycles. The molecule has 1 aromatic carbocycles. The van der Waals surface area contributed by atoms with E-state index in [0.29, 0.717) is 25.0 Å². The van der Waals surface area contributed by atoms with Crippen molar-refractivity contribution >= 4 is 13.6 Å². The van der Waals surface area contributed by atoms with Crippen molar-refractivity contribution in [1.29, 1.82) is 0 Å². The van der Waals surface area contributed by atoms with E-state index in [4.69, 9.17) is 13.8 Å². The minimum atomic E-state index is -4.93. The summed E-state index contributed by atoms with van der Waals surface area (Å²) >= 11 is 0. The summed E-state index contributed by atoms with van der Waals surface area (Å²) in [6, 6.07) is 1.76. The van der Waals surface area contributed by atoms with Crippen molar-refractivity contribution in [1.82, 2.24) is 0 Å². The molecule has 0 aromatic heterocycles. The maximum atomic E-state index is 13.2. The van der Waals surface area contributed by atoms with Crippen LogP contribution >= 0.6 is 7.60 Å². The molecule has 0 atom stereocenters. The van der Waals surface area contributed by atoms with Crippen molar-refractivity contribution in [2.24, 2.45) is 0 Å². The predicted molar refractivity (Wildman–Crippen MR) is 82.0 cm³/mol. The van der Waals surface area contributed by atoms with Crippen LogP contribution in [0.15, 0.2) is 18.2 Å². The summed E-state index contributed by atoms with van der Waals surface area (Å²) < 4.78 is 78.5. The number of carbonyl (C=O) groups excluding carboxylic acids is 1. The second-order valence-electron chi connectivity index (χ2n) is 5.05. The standard InChI is InChI=1S/C15H19F4O5P/c1-3-7-22-25(21,23-8-4-2)10-14(20)24-11-5-6-13(16)12(9-11)15(17,18)19/h5-6,9H,3-4,7-8,10H2,1-2H3. The highest BCUT2D eigenvalue weighted by Crippen LogP contribution is 2.48. The second kappa shape index (κ2) is 9.31. The van der Waals surface area contributed by atoms with Crippen LogP contribution < -0.4 is 4.74 Å². The number of benzene rings is 1. The number of rotatable bonds is 9. The molecule has 25 heavy (non-hydrogen) atoms. The Morgan fingerprint density at radius 1 is 1.12 bits per heavy atom. The number of halogens is 4. The van der Waals surface area contributed by atoms with E-state index in [2.05, 4.69) is 0 Å². The Morgan fingerprint density at radius 3 is 2.16 bits per heavy atom. The topological polar surface area (TPSA) is 61.8 Å². The van der Waals surface area contributed by atoms with Crippen molar-refractivity contribution in [3.05, 3.63) is 29.6 Å². The number of esters is 1. The highest BCUT2D eigenvalue weighted by atomic mass is 31.2. The summed E-state index contributed by atoms with van der Waals surface area (Å²) in [6.07, 6.45) is -4.63. The van der Waals surface area contributed by atoms with Gasteiger partial charge in [-0.2, -0.15) is 13.2 Å². The summed E-state index contributed by atoms with van der Waals surface area (Å²) in [6.45, 7) is 3.70. The van der Waals surface area contributed by atoms with Crippen molar-refractivity contribution < 1.29 is 40.7 Å². The monoisotopic (exact) mass is 386 g/mol. The van der Waals surface area contributed by atoms with E-state index in [-0.39, 0.29) is 13.2 Å². The first kappa shape index (κ1) is 21.6. The van der Waals surface area contributed by atoms with E-state index in [1.165, 1.54) is 0 Å². The van der Waals surface area contributed by atoms with E-state index in [9.17, 15) is 26.9 Å². The van der Waals surface area contributed by atoms with E-state index in [1.807, 2.05) is 0 Å². The Hall–Kier alpha value is -1.44. The molecule has 0 unspecified atom stereocenters. The van der Waals surface area contributed by atoms with Crippen LogP contribution in [0, 0.1) is 5.82 Å². The molecule has 0 heterocycles. The lowest BCUT2D eigenvalue weighted by molar-refractivity contribution is -0.140. The third kappa shape index (κ3) is 7.13. The zero-order valence-electron chi connectivity index (χ0n) is 13.8. The van der Waals surface area contributed by atoms with Gasteiger partial charge in [-0.15, -0.1) is 0 Å². The number of carbonyl (C=O) groups is 1. The third-order valence-electron chi connectivity index (χ3n) is 2.78. The van der Waals surface area contributed by atoms with Crippen LogP contribution in [0.3, 0.4) is 0 Å². The minimum Gasteiger partial charge on any atom is -0.426 e. The Balaban J connectivity index is 2.85. The maximum Gasteiger partial charge on any atom is 0.419 e. The molecule has 142 valence electrons. The molecule has 0 aliphatic carbocycles. The fourth-order valence-corrected chi connectivity index (χ4v) is 3.26. The van der Waals surface area contributed by atoms with Crippen molar-refractivity contribution in [3.63, 3.8) is 0 Å². The lowest BCUT2D eigenvalue weighted by Crippen LogP contribution is -2.17. The van der Waals surface area contributed by atoms with E-state index in [1.54, 1.807) is 13.8 Å². The molecule has 10 heteroatoms. The molecular formula is C15H19F4O5P. The summed E-state index contributed by atoms with van der Waals surface area (Å²) in [5.74, 6) is -3.11. The molecule has 0 N–H and O–H groups in total. The molecule has 0 fully saturated rings. The highest BCUT2D eigenvalue weighted by molar-refractivity contribution is 7.54. The number of alkyl halides is 3. The molecule has 0 bridgehead atoms. The molecular weight excluding hydrogens is 367 g/mol. The molecule has 0 spiro atoms. The summed E-state index contributed by atoms with van der Waals surface area (Å²) in [4.78, 5) is 11.9. The minimum absolute atomic E-state index is 0.0864.